The maximum absolute atomic E-state index is 12.0. The number of carbonyl (C=O) groups excluding carboxylic acids is 2. The number of benzene rings is 1. The van der Waals surface area contributed by atoms with Crippen LogP contribution in [0.1, 0.15) is 40.4 Å². The second-order valence-electron chi connectivity index (χ2n) is 4.70. The molecule has 0 bridgehead atoms. The predicted octanol–water partition coefficient (Wildman–Crippen LogP) is 2.32. The normalized spacial score (nSPS) is 10.3. The van der Waals surface area contributed by atoms with Crippen LogP contribution in [0.25, 0.3) is 0 Å². The molecule has 1 aromatic carbocycles. The van der Waals surface area contributed by atoms with Crippen LogP contribution in [-0.4, -0.2) is 35.2 Å². The van der Waals surface area contributed by atoms with E-state index in [1.165, 1.54) is 17.7 Å². The fourth-order valence-electron chi connectivity index (χ4n) is 2.02. The van der Waals surface area contributed by atoms with Crippen molar-refractivity contribution in [2.24, 2.45) is 0 Å². The minimum Gasteiger partial charge on any atom is -0.497 e. The lowest BCUT2D eigenvalue weighted by Crippen LogP contribution is -2.14. The summed E-state index contributed by atoms with van der Waals surface area (Å²) in [7, 11) is 1.59. The molecule has 22 heavy (non-hydrogen) atoms. The van der Waals surface area contributed by atoms with Crippen LogP contribution in [0, 0.1) is 0 Å². The van der Waals surface area contributed by atoms with Crippen LogP contribution in [0.5, 0.6) is 5.75 Å². The van der Waals surface area contributed by atoms with E-state index in [4.69, 9.17) is 9.47 Å². The molecule has 0 N–H and O–H groups in total. The standard InChI is InChI=1S/C16H18N2O4/c1-4-22-16(20)15-9-14(11(2)19)17-18(15)10-12-6-5-7-13(8-12)21-3/h5-9H,4,10H2,1-3H3. The van der Waals surface area contributed by atoms with Crippen molar-refractivity contribution in [2.75, 3.05) is 13.7 Å². The first-order chi connectivity index (χ1) is 10.5. The lowest BCUT2D eigenvalue weighted by Gasteiger charge is -2.08. The molecule has 0 radical (unpaired) electrons. The van der Waals surface area contributed by atoms with Crippen LogP contribution in [0.3, 0.4) is 0 Å². The van der Waals surface area contributed by atoms with Gasteiger partial charge in [-0.1, -0.05) is 12.1 Å². The van der Waals surface area contributed by atoms with Gasteiger partial charge in [0.2, 0.25) is 0 Å². The number of esters is 1. The van der Waals surface area contributed by atoms with Crippen molar-refractivity contribution < 1.29 is 19.1 Å². The van der Waals surface area contributed by atoms with Gasteiger partial charge in [0, 0.05) is 13.0 Å². The van der Waals surface area contributed by atoms with Crippen LogP contribution in [0.15, 0.2) is 30.3 Å². The van der Waals surface area contributed by atoms with E-state index in [0.29, 0.717) is 12.3 Å². The van der Waals surface area contributed by atoms with Crippen molar-refractivity contribution in [1.29, 1.82) is 0 Å². The molecule has 6 nitrogen and oxygen atoms in total. The van der Waals surface area contributed by atoms with Gasteiger partial charge in [0.15, 0.2) is 5.78 Å². The van der Waals surface area contributed by atoms with Gasteiger partial charge < -0.3 is 9.47 Å². The zero-order valence-corrected chi connectivity index (χ0v) is 12.8. The van der Waals surface area contributed by atoms with Gasteiger partial charge in [0.25, 0.3) is 0 Å². The molecule has 0 saturated carbocycles. The first kappa shape index (κ1) is 15.8. The van der Waals surface area contributed by atoms with E-state index in [0.717, 1.165) is 5.56 Å². The largest absolute Gasteiger partial charge is 0.497 e. The third-order valence-electron chi connectivity index (χ3n) is 3.09. The summed E-state index contributed by atoms with van der Waals surface area (Å²) in [5.41, 5.74) is 1.41. The summed E-state index contributed by atoms with van der Waals surface area (Å²) in [6.45, 7) is 3.75. The van der Waals surface area contributed by atoms with Crippen LogP contribution >= 0.6 is 0 Å². The molecule has 0 fully saturated rings. The Bertz CT molecular complexity index is 691. The quantitative estimate of drug-likeness (QED) is 0.605. The highest BCUT2D eigenvalue weighted by Gasteiger charge is 2.18. The Morgan fingerprint density at radius 3 is 2.68 bits per heavy atom. The van der Waals surface area contributed by atoms with Crippen molar-refractivity contribution in [1.82, 2.24) is 9.78 Å². The Morgan fingerprint density at radius 1 is 1.27 bits per heavy atom. The van der Waals surface area contributed by atoms with E-state index < -0.39 is 5.97 Å². The molecule has 1 heterocycles. The smallest absolute Gasteiger partial charge is 0.356 e. The van der Waals surface area contributed by atoms with Gasteiger partial charge in [-0.3, -0.25) is 9.48 Å². The van der Waals surface area contributed by atoms with Gasteiger partial charge >= 0.3 is 5.97 Å². The van der Waals surface area contributed by atoms with Crippen LogP contribution in [0.4, 0.5) is 0 Å². The molecule has 1 aromatic heterocycles. The number of ether oxygens (including phenoxy) is 2. The zero-order valence-electron chi connectivity index (χ0n) is 12.8. The number of Topliss-reactive ketones (excluding diaryl/α,β-unsaturated/α-hetero) is 1. The molecule has 0 spiro atoms. The average Bonchev–Trinajstić information content (AvgIpc) is 2.92. The van der Waals surface area contributed by atoms with Crippen LogP contribution in [0.2, 0.25) is 0 Å². The molecule has 6 heteroatoms. The van der Waals surface area contributed by atoms with E-state index >= 15 is 0 Å². The monoisotopic (exact) mass is 302 g/mol. The van der Waals surface area contributed by atoms with Crippen molar-refractivity contribution >= 4 is 11.8 Å². The van der Waals surface area contributed by atoms with Gasteiger partial charge in [0.05, 0.1) is 20.3 Å². The maximum atomic E-state index is 12.0. The maximum Gasteiger partial charge on any atom is 0.356 e. The minimum absolute atomic E-state index is 0.199. The predicted molar refractivity (Wildman–Crippen MR) is 80.3 cm³/mol. The minimum atomic E-state index is -0.495. The van der Waals surface area contributed by atoms with E-state index in [-0.39, 0.29) is 23.8 Å². The zero-order chi connectivity index (χ0) is 16.1. The molecular formula is C16H18N2O4. The Morgan fingerprint density at radius 2 is 2.05 bits per heavy atom. The number of aromatic nitrogens is 2. The summed E-state index contributed by atoms with van der Waals surface area (Å²) in [5, 5.41) is 4.19. The Kier molecular flexibility index (Phi) is 4.93. The van der Waals surface area contributed by atoms with E-state index in [1.54, 1.807) is 14.0 Å². The van der Waals surface area contributed by atoms with Crippen LogP contribution < -0.4 is 4.74 Å². The molecular weight excluding hydrogens is 284 g/mol. The number of hydrogen-bond donors (Lipinski definition) is 0. The first-order valence-corrected chi connectivity index (χ1v) is 6.94. The van der Waals surface area contributed by atoms with E-state index in [9.17, 15) is 9.59 Å². The lowest BCUT2D eigenvalue weighted by atomic mass is 10.2. The Hall–Kier alpha value is -2.63. The summed E-state index contributed by atoms with van der Waals surface area (Å²) in [6.07, 6.45) is 0. The SMILES string of the molecule is CCOC(=O)c1cc(C(C)=O)nn1Cc1cccc(OC)c1. The summed E-state index contributed by atoms with van der Waals surface area (Å²) >= 11 is 0. The molecule has 0 atom stereocenters. The highest BCUT2D eigenvalue weighted by atomic mass is 16.5. The van der Waals surface area contributed by atoms with Crippen LogP contribution in [-0.2, 0) is 11.3 Å². The number of methoxy groups -OCH3 is 1. The highest BCUT2D eigenvalue weighted by molar-refractivity contribution is 5.95. The van der Waals surface area contributed by atoms with E-state index in [2.05, 4.69) is 5.10 Å². The molecule has 0 saturated heterocycles. The number of nitrogens with zero attached hydrogens (tertiary/aromatic N) is 2. The van der Waals surface area contributed by atoms with Gasteiger partial charge in [-0.15, -0.1) is 0 Å². The number of carbonyl (C=O) groups is 2. The van der Waals surface area contributed by atoms with Crippen molar-refractivity contribution in [3.63, 3.8) is 0 Å². The summed E-state index contributed by atoms with van der Waals surface area (Å²) < 4.78 is 11.7. The number of rotatable bonds is 6. The molecule has 116 valence electrons. The topological polar surface area (TPSA) is 70.4 Å². The van der Waals surface area contributed by atoms with Crippen molar-refractivity contribution in [3.8, 4) is 5.75 Å². The van der Waals surface area contributed by atoms with Gasteiger partial charge in [-0.25, -0.2) is 4.79 Å². The average molecular weight is 302 g/mol. The highest BCUT2D eigenvalue weighted by Crippen LogP contribution is 2.15. The summed E-state index contributed by atoms with van der Waals surface area (Å²) in [6, 6.07) is 8.89. The van der Waals surface area contributed by atoms with E-state index in [1.807, 2.05) is 24.3 Å². The molecule has 0 aliphatic heterocycles. The lowest BCUT2D eigenvalue weighted by molar-refractivity contribution is 0.0512. The Labute approximate surface area is 128 Å². The number of hydrogen-bond acceptors (Lipinski definition) is 5. The summed E-state index contributed by atoms with van der Waals surface area (Å²) in [5.74, 6) is 0.0227. The third kappa shape index (κ3) is 3.52. The first-order valence-electron chi connectivity index (χ1n) is 6.94. The molecule has 2 aromatic rings. The van der Waals surface area contributed by atoms with Gasteiger partial charge in [-0.2, -0.15) is 5.10 Å². The van der Waals surface area contributed by atoms with Crippen molar-refractivity contribution in [2.45, 2.75) is 20.4 Å². The summed E-state index contributed by atoms with van der Waals surface area (Å²) in [4.78, 5) is 23.5. The fraction of sp³-hybridized carbons (Fsp3) is 0.312. The van der Waals surface area contributed by atoms with Crippen molar-refractivity contribution in [3.05, 3.63) is 47.3 Å². The second-order valence-corrected chi connectivity index (χ2v) is 4.70. The molecule has 0 aliphatic rings. The van der Waals surface area contributed by atoms with Gasteiger partial charge in [0.1, 0.15) is 17.1 Å². The molecule has 0 aliphatic carbocycles. The molecule has 2 rings (SSSR count). The second kappa shape index (κ2) is 6.89. The molecule has 0 amide bonds. The fourth-order valence-corrected chi connectivity index (χ4v) is 2.02. The number of ketones is 1. The molecule has 0 unspecified atom stereocenters. The Balaban J connectivity index is 2.35. The third-order valence-corrected chi connectivity index (χ3v) is 3.09. The van der Waals surface area contributed by atoms with Gasteiger partial charge in [-0.05, 0) is 24.6 Å².